The summed E-state index contributed by atoms with van der Waals surface area (Å²) in [5, 5.41) is 8.76. The molecule has 2 atom stereocenters. The van der Waals surface area contributed by atoms with E-state index in [2.05, 4.69) is 18.9 Å². The maximum absolute atomic E-state index is 8.76. The average molecular weight is 256 g/mol. The summed E-state index contributed by atoms with van der Waals surface area (Å²) in [4.78, 5) is 2.52. The fourth-order valence-electron chi connectivity index (χ4n) is 3.37. The van der Waals surface area contributed by atoms with Gasteiger partial charge in [-0.2, -0.15) is 0 Å². The molecule has 2 unspecified atom stereocenters. The highest BCUT2D eigenvalue weighted by molar-refractivity contribution is 4.94. The zero-order valence-electron chi connectivity index (χ0n) is 12.3. The molecule has 0 saturated heterocycles. The van der Waals surface area contributed by atoms with Crippen LogP contribution in [0.1, 0.15) is 58.3 Å². The van der Waals surface area contributed by atoms with E-state index in [9.17, 15) is 0 Å². The minimum Gasteiger partial charge on any atom is -0.396 e. The molecular weight excluding hydrogens is 224 g/mol. The summed E-state index contributed by atoms with van der Waals surface area (Å²) in [5.41, 5.74) is 6.34. The van der Waals surface area contributed by atoms with Gasteiger partial charge in [-0.15, -0.1) is 0 Å². The quantitative estimate of drug-likeness (QED) is 0.656. The van der Waals surface area contributed by atoms with Gasteiger partial charge in [-0.3, -0.25) is 4.90 Å². The third kappa shape index (κ3) is 4.52. The minimum atomic E-state index is 0.259. The smallest absolute Gasteiger partial charge is 0.0431 e. The lowest BCUT2D eigenvalue weighted by Crippen LogP contribution is -2.54. The largest absolute Gasteiger partial charge is 0.396 e. The second-order valence-electron chi connectivity index (χ2n) is 6.19. The summed E-state index contributed by atoms with van der Waals surface area (Å²) in [6.45, 7) is 4.64. The fraction of sp³-hybridized carbons (Fsp3) is 1.00. The van der Waals surface area contributed by atoms with Gasteiger partial charge in [-0.05, 0) is 45.2 Å². The van der Waals surface area contributed by atoms with Crippen LogP contribution in [-0.2, 0) is 0 Å². The van der Waals surface area contributed by atoms with Crippen LogP contribution >= 0.6 is 0 Å². The molecule has 18 heavy (non-hydrogen) atoms. The van der Waals surface area contributed by atoms with E-state index in [1.165, 1.54) is 38.5 Å². The van der Waals surface area contributed by atoms with Gasteiger partial charge >= 0.3 is 0 Å². The van der Waals surface area contributed by atoms with Crippen molar-refractivity contribution in [2.24, 2.45) is 11.7 Å². The van der Waals surface area contributed by atoms with E-state index in [-0.39, 0.29) is 5.54 Å². The van der Waals surface area contributed by atoms with Crippen LogP contribution in [0.5, 0.6) is 0 Å². The van der Waals surface area contributed by atoms with Crippen molar-refractivity contribution in [3.05, 3.63) is 0 Å². The van der Waals surface area contributed by atoms with E-state index < -0.39 is 0 Å². The van der Waals surface area contributed by atoms with Gasteiger partial charge in [0.2, 0.25) is 0 Å². The number of hydrogen-bond acceptors (Lipinski definition) is 3. The molecule has 0 spiro atoms. The summed E-state index contributed by atoms with van der Waals surface area (Å²) in [5.74, 6) is 0.819. The molecule has 0 aromatic rings. The molecule has 1 rings (SSSR count). The lowest BCUT2D eigenvalue weighted by Gasteiger charge is -2.46. The van der Waals surface area contributed by atoms with Crippen molar-refractivity contribution in [3.63, 3.8) is 0 Å². The molecular formula is C15H32N2O. The number of nitrogens with zero attached hydrogens (tertiary/aromatic N) is 1. The van der Waals surface area contributed by atoms with E-state index in [0.717, 1.165) is 31.8 Å². The monoisotopic (exact) mass is 256 g/mol. The molecule has 1 saturated carbocycles. The average Bonchev–Trinajstić information content (AvgIpc) is 2.38. The zero-order chi connectivity index (χ0) is 13.4. The van der Waals surface area contributed by atoms with Crippen molar-refractivity contribution in [2.75, 3.05) is 26.7 Å². The van der Waals surface area contributed by atoms with Gasteiger partial charge in [-0.25, -0.2) is 0 Å². The van der Waals surface area contributed by atoms with E-state index in [4.69, 9.17) is 10.8 Å². The Morgan fingerprint density at radius 3 is 2.61 bits per heavy atom. The standard InChI is InChI=1S/C15H32N2O/c1-14-8-7-9-15(12-14,13-16)17(2)10-5-3-4-6-11-18/h14,18H,3-13,16H2,1-2H3. The molecule has 1 aliphatic carbocycles. The van der Waals surface area contributed by atoms with Crippen molar-refractivity contribution >= 4 is 0 Å². The maximum Gasteiger partial charge on any atom is 0.0431 e. The Hall–Kier alpha value is -0.120. The molecule has 0 amide bonds. The molecule has 0 heterocycles. The zero-order valence-corrected chi connectivity index (χ0v) is 12.3. The number of hydrogen-bond donors (Lipinski definition) is 2. The molecule has 0 bridgehead atoms. The van der Waals surface area contributed by atoms with Crippen molar-refractivity contribution < 1.29 is 5.11 Å². The third-order valence-electron chi connectivity index (χ3n) is 4.66. The first-order valence-electron chi connectivity index (χ1n) is 7.67. The van der Waals surface area contributed by atoms with Crippen molar-refractivity contribution in [2.45, 2.75) is 63.8 Å². The van der Waals surface area contributed by atoms with Crippen LogP contribution in [0, 0.1) is 5.92 Å². The molecule has 0 radical (unpaired) electrons. The molecule has 1 aliphatic rings. The number of likely N-dealkylation sites (N-methyl/N-ethyl adjacent to an activating group) is 1. The molecule has 0 aromatic heterocycles. The summed E-state index contributed by atoms with van der Waals surface area (Å²) in [6, 6.07) is 0. The summed E-state index contributed by atoms with van der Waals surface area (Å²) in [6.07, 6.45) is 9.77. The molecule has 1 fully saturated rings. The fourth-order valence-corrected chi connectivity index (χ4v) is 3.37. The normalized spacial score (nSPS) is 28.8. The Balaban J connectivity index is 2.34. The molecule has 3 N–H and O–H groups in total. The van der Waals surface area contributed by atoms with Crippen LogP contribution < -0.4 is 5.73 Å². The van der Waals surface area contributed by atoms with Crippen molar-refractivity contribution in [3.8, 4) is 0 Å². The first kappa shape index (κ1) is 15.9. The van der Waals surface area contributed by atoms with Crippen LogP contribution in [0.15, 0.2) is 0 Å². The Bertz CT molecular complexity index is 223. The number of nitrogens with two attached hydrogens (primary N) is 1. The first-order valence-corrected chi connectivity index (χ1v) is 7.67. The highest BCUT2D eigenvalue weighted by Crippen LogP contribution is 2.35. The predicted octanol–water partition coefficient (Wildman–Crippen LogP) is 2.38. The SMILES string of the molecule is CC1CCCC(CN)(N(C)CCCCCCO)C1. The lowest BCUT2D eigenvalue weighted by molar-refractivity contribution is 0.0601. The van der Waals surface area contributed by atoms with Gasteiger partial charge in [0.25, 0.3) is 0 Å². The highest BCUT2D eigenvalue weighted by Gasteiger charge is 2.36. The van der Waals surface area contributed by atoms with Crippen molar-refractivity contribution in [1.82, 2.24) is 4.90 Å². The van der Waals surface area contributed by atoms with E-state index in [1.54, 1.807) is 0 Å². The lowest BCUT2D eigenvalue weighted by atomic mass is 9.75. The highest BCUT2D eigenvalue weighted by atomic mass is 16.2. The second kappa shape index (κ2) is 8.13. The number of aliphatic hydroxyl groups excluding tert-OH is 1. The van der Waals surface area contributed by atoms with Gasteiger partial charge in [-0.1, -0.05) is 32.6 Å². The topological polar surface area (TPSA) is 49.5 Å². The molecule has 0 aliphatic heterocycles. The molecule has 3 heteroatoms. The van der Waals surface area contributed by atoms with E-state index in [1.807, 2.05) is 0 Å². The van der Waals surface area contributed by atoms with Gasteiger partial charge in [0.15, 0.2) is 0 Å². The third-order valence-corrected chi connectivity index (χ3v) is 4.66. The maximum atomic E-state index is 8.76. The van der Waals surface area contributed by atoms with Crippen LogP contribution in [0.2, 0.25) is 0 Å². The first-order chi connectivity index (χ1) is 8.64. The van der Waals surface area contributed by atoms with Crippen LogP contribution in [-0.4, -0.2) is 42.3 Å². The van der Waals surface area contributed by atoms with Gasteiger partial charge in [0.1, 0.15) is 0 Å². The molecule has 108 valence electrons. The van der Waals surface area contributed by atoms with Crippen LogP contribution in [0.3, 0.4) is 0 Å². The van der Waals surface area contributed by atoms with Gasteiger partial charge in [0, 0.05) is 18.7 Å². The predicted molar refractivity (Wildman–Crippen MR) is 77.6 cm³/mol. The van der Waals surface area contributed by atoms with Gasteiger partial charge < -0.3 is 10.8 Å². The van der Waals surface area contributed by atoms with E-state index in [0.29, 0.717) is 6.61 Å². The van der Waals surface area contributed by atoms with Crippen molar-refractivity contribution in [1.29, 1.82) is 0 Å². The number of unbranched alkanes of at least 4 members (excludes halogenated alkanes) is 3. The Kier molecular flexibility index (Phi) is 7.20. The van der Waals surface area contributed by atoms with Gasteiger partial charge in [0.05, 0.1) is 0 Å². The Morgan fingerprint density at radius 1 is 1.28 bits per heavy atom. The number of rotatable bonds is 8. The van der Waals surface area contributed by atoms with Crippen LogP contribution in [0.4, 0.5) is 0 Å². The summed E-state index contributed by atoms with van der Waals surface area (Å²) in [7, 11) is 2.25. The minimum absolute atomic E-state index is 0.259. The molecule has 0 aromatic carbocycles. The molecule has 3 nitrogen and oxygen atoms in total. The summed E-state index contributed by atoms with van der Waals surface area (Å²) >= 11 is 0. The van der Waals surface area contributed by atoms with E-state index >= 15 is 0 Å². The number of aliphatic hydroxyl groups is 1. The summed E-state index contributed by atoms with van der Waals surface area (Å²) < 4.78 is 0. The van der Waals surface area contributed by atoms with Crippen LogP contribution in [0.25, 0.3) is 0 Å². The Morgan fingerprint density at radius 2 is 2.00 bits per heavy atom. The Labute approximate surface area is 113 Å². The second-order valence-corrected chi connectivity index (χ2v) is 6.19.